The van der Waals surface area contributed by atoms with Crippen LogP contribution in [0.25, 0.3) is 0 Å². The van der Waals surface area contributed by atoms with Crippen LogP contribution in [0.3, 0.4) is 0 Å². The quantitative estimate of drug-likeness (QED) is 0.742. The number of esters is 1. The normalized spacial score (nSPS) is 22.4. The van der Waals surface area contributed by atoms with Crippen molar-refractivity contribution in [3.05, 3.63) is 0 Å². The van der Waals surface area contributed by atoms with Gasteiger partial charge in [-0.3, -0.25) is 9.59 Å². The van der Waals surface area contributed by atoms with Crippen molar-refractivity contribution in [2.45, 2.75) is 71.4 Å². The molecule has 1 aliphatic carbocycles. The van der Waals surface area contributed by atoms with Crippen molar-refractivity contribution in [1.29, 1.82) is 0 Å². The summed E-state index contributed by atoms with van der Waals surface area (Å²) in [7, 11) is 0. The van der Waals surface area contributed by atoms with E-state index in [1.54, 1.807) is 0 Å². The second-order valence-corrected chi connectivity index (χ2v) is 6.04. The molecule has 1 saturated carbocycles. The summed E-state index contributed by atoms with van der Waals surface area (Å²) in [6.45, 7) is 7.62. The summed E-state index contributed by atoms with van der Waals surface area (Å²) in [5, 5.41) is 2.96. The van der Waals surface area contributed by atoms with Gasteiger partial charge < -0.3 is 10.1 Å². The molecule has 1 rings (SSSR count). The Labute approximate surface area is 109 Å². The molecule has 1 fully saturated rings. The first kappa shape index (κ1) is 15.0. The first-order valence-corrected chi connectivity index (χ1v) is 6.83. The topological polar surface area (TPSA) is 55.4 Å². The van der Waals surface area contributed by atoms with E-state index >= 15 is 0 Å². The minimum absolute atomic E-state index is 0.0375. The molecule has 0 aromatic rings. The number of nitrogens with one attached hydrogen (secondary N) is 1. The third kappa shape index (κ3) is 6.03. The highest BCUT2D eigenvalue weighted by molar-refractivity contribution is 5.81. The van der Waals surface area contributed by atoms with E-state index in [1.807, 2.05) is 20.8 Å². The first-order valence-electron chi connectivity index (χ1n) is 6.83. The van der Waals surface area contributed by atoms with Gasteiger partial charge in [-0.2, -0.15) is 0 Å². The summed E-state index contributed by atoms with van der Waals surface area (Å²) >= 11 is 0. The molecule has 18 heavy (non-hydrogen) atoms. The van der Waals surface area contributed by atoms with E-state index in [-0.39, 0.29) is 24.7 Å². The van der Waals surface area contributed by atoms with Crippen molar-refractivity contribution < 1.29 is 14.3 Å². The number of hydrogen-bond acceptors (Lipinski definition) is 3. The molecule has 104 valence electrons. The van der Waals surface area contributed by atoms with Crippen LogP contribution in [0.2, 0.25) is 0 Å². The standard InChI is InChI=1S/C14H25NO3/c1-5-6-10-9-11(10)15-12(16)7-8-13(17)18-14(2,3)4/h10-11H,5-9H2,1-4H3,(H,15,16). The lowest BCUT2D eigenvalue weighted by Gasteiger charge is -2.19. The maximum atomic E-state index is 11.6. The van der Waals surface area contributed by atoms with Crippen molar-refractivity contribution in [2.75, 3.05) is 0 Å². The van der Waals surface area contributed by atoms with E-state index in [0.717, 1.165) is 12.8 Å². The van der Waals surface area contributed by atoms with Gasteiger partial charge in [0.1, 0.15) is 5.60 Å². The SMILES string of the molecule is CCCC1CC1NC(=O)CCC(=O)OC(C)(C)C. The molecule has 1 amide bonds. The van der Waals surface area contributed by atoms with Crippen molar-refractivity contribution in [3.63, 3.8) is 0 Å². The molecule has 2 atom stereocenters. The summed E-state index contributed by atoms with van der Waals surface area (Å²) < 4.78 is 5.15. The first-order chi connectivity index (χ1) is 8.31. The van der Waals surface area contributed by atoms with Crippen LogP contribution >= 0.6 is 0 Å². The van der Waals surface area contributed by atoms with Gasteiger partial charge in [0.2, 0.25) is 5.91 Å². The van der Waals surface area contributed by atoms with Gasteiger partial charge in [-0.15, -0.1) is 0 Å². The third-order valence-corrected chi connectivity index (χ3v) is 2.90. The molecule has 4 heteroatoms. The Balaban J connectivity index is 2.13. The van der Waals surface area contributed by atoms with E-state index in [9.17, 15) is 9.59 Å². The molecule has 0 aliphatic heterocycles. The van der Waals surface area contributed by atoms with Gasteiger partial charge in [0.05, 0.1) is 6.42 Å². The fourth-order valence-electron chi connectivity index (χ4n) is 2.00. The fourth-order valence-corrected chi connectivity index (χ4v) is 2.00. The van der Waals surface area contributed by atoms with Crippen LogP contribution in [0, 0.1) is 5.92 Å². The predicted octanol–water partition coefficient (Wildman–Crippen LogP) is 2.41. The molecule has 0 aromatic carbocycles. The molecule has 0 radical (unpaired) electrons. The average molecular weight is 255 g/mol. The van der Waals surface area contributed by atoms with Crippen molar-refractivity contribution >= 4 is 11.9 Å². The Morgan fingerprint density at radius 2 is 1.94 bits per heavy atom. The molecule has 0 spiro atoms. The highest BCUT2D eigenvalue weighted by Gasteiger charge is 2.36. The molecule has 0 aromatic heterocycles. The largest absolute Gasteiger partial charge is 0.460 e. The second-order valence-electron chi connectivity index (χ2n) is 6.04. The Morgan fingerprint density at radius 1 is 1.28 bits per heavy atom. The predicted molar refractivity (Wildman–Crippen MR) is 70.0 cm³/mol. The lowest BCUT2D eigenvalue weighted by Crippen LogP contribution is -2.29. The summed E-state index contributed by atoms with van der Waals surface area (Å²) in [4.78, 5) is 23.0. The third-order valence-electron chi connectivity index (χ3n) is 2.90. The highest BCUT2D eigenvalue weighted by atomic mass is 16.6. The van der Waals surface area contributed by atoms with E-state index in [1.165, 1.54) is 6.42 Å². The van der Waals surface area contributed by atoms with Gasteiger partial charge in [0, 0.05) is 12.5 Å². The molecular formula is C14H25NO3. The molecule has 2 unspecified atom stereocenters. The van der Waals surface area contributed by atoms with E-state index in [2.05, 4.69) is 12.2 Å². The van der Waals surface area contributed by atoms with E-state index < -0.39 is 5.60 Å². The molecule has 1 N–H and O–H groups in total. The van der Waals surface area contributed by atoms with Gasteiger partial charge in [-0.1, -0.05) is 13.3 Å². The lowest BCUT2D eigenvalue weighted by molar-refractivity contribution is -0.155. The maximum absolute atomic E-state index is 11.6. The number of carbonyl (C=O) groups excluding carboxylic acids is 2. The zero-order valence-electron chi connectivity index (χ0n) is 11.9. The van der Waals surface area contributed by atoms with E-state index in [0.29, 0.717) is 12.0 Å². The number of hydrogen-bond donors (Lipinski definition) is 1. The highest BCUT2D eigenvalue weighted by Crippen LogP contribution is 2.34. The zero-order chi connectivity index (χ0) is 13.8. The fraction of sp³-hybridized carbons (Fsp3) is 0.857. The smallest absolute Gasteiger partial charge is 0.306 e. The van der Waals surface area contributed by atoms with Gasteiger partial charge in [0.25, 0.3) is 0 Å². The second kappa shape index (κ2) is 6.21. The van der Waals surface area contributed by atoms with Crippen LogP contribution in [-0.2, 0) is 14.3 Å². The Bertz CT molecular complexity index is 307. The summed E-state index contributed by atoms with van der Waals surface area (Å²) in [6.07, 6.45) is 3.82. The molecule has 0 bridgehead atoms. The van der Waals surface area contributed by atoms with Crippen molar-refractivity contribution in [2.24, 2.45) is 5.92 Å². The van der Waals surface area contributed by atoms with Crippen molar-refractivity contribution in [1.82, 2.24) is 5.32 Å². The lowest BCUT2D eigenvalue weighted by atomic mass is 10.2. The average Bonchev–Trinajstić information content (AvgIpc) is 2.91. The summed E-state index contributed by atoms with van der Waals surface area (Å²) in [6, 6.07) is 0.344. The molecule has 4 nitrogen and oxygen atoms in total. The van der Waals surface area contributed by atoms with E-state index in [4.69, 9.17) is 4.74 Å². The van der Waals surface area contributed by atoms with Gasteiger partial charge in [-0.05, 0) is 39.5 Å². The van der Waals surface area contributed by atoms with Crippen LogP contribution in [-0.4, -0.2) is 23.5 Å². The van der Waals surface area contributed by atoms with Gasteiger partial charge in [0.15, 0.2) is 0 Å². The Morgan fingerprint density at radius 3 is 2.50 bits per heavy atom. The molecule has 1 aliphatic rings. The van der Waals surface area contributed by atoms with Gasteiger partial charge in [-0.25, -0.2) is 0 Å². The number of ether oxygens (including phenoxy) is 1. The van der Waals surface area contributed by atoms with Crippen LogP contribution < -0.4 is 5.32 Å². The van der Waals surface area contributed by atoms with Crippen molar-refractivity contribution in [3.8, 4) is 0 Å². The zero-order valence-corrected chi connectivity index (χ0v) is 11.9. The van der Waals surface area contributed by atoms with Crippen LogP contribution in [0.15, 0.2) is 0 Å². The summed E-state index contributed by atoms with van der Waals surface area (Å²) in [5.74, 6) is 0.309. The Kier molecular flexibility index (Phi) is 5.17. The minimum atomic E-state index is -0.476. The molecule has 0 heterocycles. The van der Waals surface area contributed by atoms with Crippen LogP contribution in [0.4, 0.5) is 0 Å². The van der Waals surface area contributed by atoms with Gasteiger partial charge >= 0.3 is 5.97 Å². The molecular weight excluding hydrogens is 230 g/mol. The van der Waals surface area contributed by atoms with Crippen LogP contribution in [0.5, 0.6) is 0 Å². The molecule has 0 saturated heterocycles. The maximum Gasteiger partial charge on any atom is 0.306 e. The summed E-state index contributed by atoms with van der Waals surface area (Å²) in [5.41, 5.74) is -0.476. The van der Waals surface area contributed by atoms with Crippen LogP contribution in [0.1, 0.15) is 59.8 Å². The number of rotatable bonds is 6. The monoisotopic (exact) mass is 255 g/mol. The number of amides is 1. The number of carbonyl (C=O) groups is 2. The minimum Gasteiger partial charge on any atom is -0.460 e. The Hall–Kier alpha value is -1.06.